The molecule has 0 aliphatic carbocycles. The maximum atomic E-state index is 13.3. The number of carboxylic acids is 1. The summed E-state index contributed by atoms with van der Waals surface area (Å²) >= 11 is 0. The molecule has 7 nitrogen and oxygen atoms in total. The van der Waals surface area contributed by atoms with Crippen molar-refractivity contribution in [2.24, 2.45) is 7.05 Å². The van der Waals surface area contributed by atoms with E-state index in [1.807, 2.05) is 0 Å². The summed E-state index contributed by atoms with van der Waals surface area (Å²) in [5.74, 6) is -3.52. The topological polar surface area (TPSA) is 109 Å². The molecule has 0 unspecified atom stereocenters. The van der Waals surface area contributed by atoms with Gasteiger partial charge in [0.25, 0.3) is 11.5 Å². The molecule has 0 fully saturated rings. The van der Waals surface area contributed by atoms with Gasteiger partial charge in [-0.15, -0.1) is 0 Å². The lowest BCUT2D eigenvalue weighted by molar-refractivity contribution is -0.138. The molecule has 1 aromatic heterocycles. The van der Waals surface area contributed by atoms with Crippen molar-refractivity contribution in [3.8, 4) is 5.75 Å². The smallest absolute Gasteiger partial charge is 0.325 e. The fraction of sp³-hybridized carbons (Fsp3) is 0.214. The number of nitrogens with one attached hydrogen (secondary N) is 1. The van der Waals surface area contributed by atoms with E-state index in [4.69, 9.17) is 5.11 Å². The molecule has 0 aliphatic heterocycles. The number of pyridine rings is 1. The zero-order chi connectivity index (χ0) is 16.6. The van der Waals surface area contributed by atoms with Gasteiger partial charge < -0.3 is 20.1 Å². The van der Waals surface area contributed by atoms with Gasteiger partial charge in [-0.2, -0.15) is 0 Å². The Morgan fingerprint density at radius 2 is 2.00 bits per heavy atom. The van der Waals surface area contributed by atoms with Crippen molar-refractivity contribution >= 4 is 22.8 Å². The van der Waals surface area contributed by atoms with Crippen LogP contribution in [-0.4, -0.2) is 32.7 Å². The number of benzene rings is 1. The molecule has 0 radical (unpaired) electrons. The number of aryl methyl sites for hydroxylation is 1. The summed E-state index contributed by atoms with van der Waals surface area (Å²) in [7, 11) is 1.32. The molecular formula is C14H13FN2O5. The summed E-state index contributed by atoms with van der Waals surface area (Å²) in [6.07, 6.45) is 0. The van der Waals surface area contributed by atoms with Crippen LogP contribution in [0, 0.1) is 5.82 Å². The molecule has 0 saturated heterocycles. The molecule has 8 heteroatoms. The van der Waals surface area contributed by atoms with Gasteiger partial charge in [0.15, 0.2) is 0 Å². The van der Waals surface area contributed by atoms with E-state index in [1.165, 1.54) is 20.0 Å². The van der Waals surface area contributed by atoms with Crippen molar-refractivity contribution in [2.45, 2.75) is 13.0 Å². The van der Waals surface area contributed by atoms with Crippen LogP contribution in [-0.2, 0) is 11.8 Å². The Morgan fingerprint density at radius 3 is 2.59 bits per heavy atom. The molecule has 116 valence electrons. The Bertz CT molecular complexity index is 843. The van der Waals surface area contributed by atoms with Crippen LogP contribution in [0.1, 0.15) is 17.3 Å². The summed E-state index contributed by atoms with van der Waals surface area (Å²) in [5.41, 5.74) is -1.33. The SMILES string of the molecule is C[C@H](NC(=O)c1c(O)c2ccc(F)cc2n(C)c1=O)C(=O)O. The van der Waals surface area contributed by atoms with E-state index < -0.39 is 40.6 Å². The Morgan fingerprint density at radius 1 is 1.36 bits per heavy atom. The lowest BCUT2D eigenvalue weighted by Gasteiger charge is -2.13. The van der Waals surface area contributed by atoms with E-state index >= 15 is 0 Å². The van der Waals surface area contributed by atoms with Gasteiger partial charge in [0.2, 0.25) is 0 Å². The van der Waals surface area contributed by atoms with E-state index in [2.05, 4.69) is 5.32 Å². The summed E-state index contributed by atoms with van der Waals surface area (Å²) < 4.78 is 14.3. The predicted molar refractivity (Wildman–Crippen MR) is 75.4 cm³/mol. The lowest BCUT2D eigenvalue weighted by Crippen LogP contribution is -2.41. The fourth-order valence-corrected chi connectivity index (χ4v) is 2.03. The molecule has 22 heavy (non-hydrogen) atoms. The van der Waals surface area contributed by atoms with Gasteiger partial charge in [0.1, 0.15) is 23.2 Å². The molecule has 2 rings (SSSR count). The van der Waals surface area contributed by atoms with Crippen molar-refractivity contribution in [2.75, 3.05) is 0 Å². The second kappa shape index (κ2) is 5.47. The summed E-state index contributed by atoms with van der Waals surface area (Å²) in [4.78, 5) is 35.0. The minimum absolute atomic E-state index is 0.108. The van der Waals surface area contributed by atoms with Gasteiger partial charge in [-0.1, -0.05) is 0 Å². The number of aromatic nitrogens is 1. The van der Waals surface area contributed by atoms with Crippen molar-refractivity contribution in [1.29, 1.82) is 0 Å². The van der Waals surface area contributed by atoms with E-state index in [1.54, 1.807) is 0 Å². The maximum Gasteiger partial charge on any atom is 0.325 e. The molecular weight excluding hydrogens is 295 g/mol. The number of rotatable bonds is 3. The summed E-state index contributed by atoms with van der Waals surface area (Å²) in [5, 5.41) is 21.1. The Labute approximate surface area is 123 Å². The highest BCUT2D eigenvalue weighted by Crippen LogP contribution is 2.26. The first-order valence-electron chi connectivity index (χ1n) is 6.29. The monoisotopic (exact) mass is 308 g/mol. The average Bonchev–Trinajstić information content (AvgIpc) is 2.44. The van der Waals surface area contributed by atoms with Crippen LogP contribution in [0.4, 0.5) is 4.39 Å². The van der Waals surface area contributed by atoms with Gasteiger partial charge in [-0.25, -0.2) is 4.39 Å². The van der Waals surface area contributed by atoms with Crippen LogP contribution >= 0.6 is 0 Å². The maximum absolute atomic E-state index is 13.3. The normalized spacial score (nSPS) is 12.1. The molecule has 0 bridgehead atoms. The number of carbonyl (C=O) groups is 2. The molecule has 0 aliphatic rings. The standard InChI is InChI=1S/C14H13FN2O5/c1-6(14(21)22)16-12(19)10-11(18)8-4-3-7(15)5-9(8)17(2)13(10)20/h3-6,18H,1-2H3,(H,16,19)(H,21,22)/t6-/m0/s1. The largest absolute Gasteiger partial charge is 0.506 e. The second-order valence-corrected chi connectivity index (χ2v) is 4.78. The third kappa shape index (κ3) is 2.50. The van der Waals surface area contributed by atoms with Crippen LogP contribution in [0.15, 0.2) is 23.0 Å². The van der Waals surface area contributed by atoms with Gasteiger partial charge in [0, 0.05) is 12.4 Å². The number of aromatic hydroxyl groups is 1. The summed E-state index contributed by atoms with van der Waals surface area (Å²) in [6, 6.07) is 2.13. The number of carbonyl (C=O) groups excluding carboxylic acids is 1. The first-order valence-corrected chi connectivity index (χ1v) is 6.29. The molecule has 1 atom stereocenters. The van der Waals surface area contributed by atoms with Crippen molar-refractivity contribution < 1.29 is 24.2 Å². The minimum Gasteiger partial charge on any atom is -0.506 e. The molecule has 0 spiro atoms. The number of amides is 1. The molecule has 2 aromatic rings. The molecule has 1 heterocycles. The van der Waals surface area contributed by atoms with Crippen molar-refractivity contribution in [3.05, 3.63) is 39.9 Å². The van der Waals surface area contributed by atoms with Crippen LogP contribution in [0.3, 0.4) is 0 Å². The van der Waals surface area contributed by atoms with Gasteiger partial charge in [-0.05, 0) is 25.1 Å². The first kappa shape index (κ1) is 15.5. The molecule has 0 saturated carbocycles. The molecule has 3 N–H and O–H groups in total. The second-order valence-electron chi connectivity index (χ2n) is 4.78. The van der Waals surface area contributed by atoms with E-state index in [9.17, 15) is 23.9 Å². The number of aliphatic carboxylic acids is 1. The first-order chi connectivity index (χ1) is 10.2. The third-order valence-corrected chi connectivity index (χ3v) is 3.28. The Hall–Kier alpha value is -2.90. The predicted octanol–water partition coefficient (Wildman–Crippen LogP) is 0.586. The van der Waals surface area contributed by atoms with Gasteiger partial charge in [0.05, 0.1) is 5.52 Å². The zero-order valence-corrected chi connectivity index (χ0v) is 11.8. The minimum atomic E-state index is -1.28. The summed E-state index contributed by atoms with van der Waals surface area (Å²) in [6.45, 7) is 1.22. The van der Waals surface area contributed by atoms with Crippen LogP contribution < -0.4 is 10.9 Å². The third-order valence-electron chi connectivity index (χ3n) is 3.28. The molecule has 1 amide bonds. The van der Waals surface area contributed by atoms with Crippen molar-refractivity contribution in [1.82, 2.24) is 9.88 Å². The highest BCUT2D eigenvalue weighted by atomic mass is 19.1. The number of nitrogens with zero attached hydrogens (tertiary/aromatic N) is 1. The van der Waals surface area contributed by atoms with Crippen molar-refractivity contribution in [3.63, 3.8) is 0 Å². The number of hydrogen-bond donors (Lipinski definition) is 3. The number of halogens is 1. The van der Waals surface area contributed by atoms with Crippen LogP contribution in [0.25, 0.3) is 10.9 Å². The van der Waals surface area contributed by atoms with Gasteiger partial charge >= 0.3 is 5.97 Å². The zero-order valence-electron chi connectivity index (χ0n) is 11.8. The number of fused-ring (bicyclic) bond motifs is 1. The highest BCUT2D eigenvalue weighted by molar-refractivity contribution is 6.03. The Kier molecular flexibility index (Phi) is 3.85. The molecule has 1 aromatic carbocycles. The highest BCUT2D eigenvalue weighted by Gasteiger charge is 2.24. The van der Waals surface area contributed by atoms with Gasteiger partial charge in [-0.3, -0.25) is 14.4 Å². The van der Waals surface area contributed by atoms with Crippen LogP contribution in [0.2, 0.25) is 0 Å². The van der Waals surface area contributed by atoms with E-state index in [-0.39, 0.29) is 10.9 Å². The number of carboxylic acid groups (broad SMARTS) is 1. The van der Waals surface area contributed by atoms with Crippen LogP contribution in [0.5, 0.6) is 5.75 Å². The van der Waals surface area contributed by atoms with E-state index in [0.29, 0.717) is 0 Å². The lowest BCUT2D eigenvalue weighted by atomic mass is 10.1. The van der Waals surface area contributed by atoms with E-state index in [0.717, 1.165) is 16.7 Å². The quantitative estimate of drug-likeness (QED) is 0.769. The number of hydrogen-bond acceptors (Lipinski definition) is 4. The Balaban J connectivity index is 2.65. The average molecular weight is 308 g/mol. The fourth-order valence-electron chi connectivity index (χ4n) is 2.03.